The van der Waals surface area contributed by atoms with Crippen LogP contribution in [0.1, 0.15) is 45.1 Å². The number of amides is 1. The Morgan fingerprint density at radius 2 is 1.89 bits per heavy atom. The SMILES string of the molecule is CC(C)N1CCC(Oc2ccc(N3CCC4(CC3)CN(c3cncc(C#N)c3)C(=O)O4)cn2)CC1. The number of piperidine rings is 2. The third kappa shape index (κ3) is 5.03. The maximum Gasteiger partial charge on any atom is 0.415 e. The molecular weight excluding hydrogens is 444 g/mol. The summed E-state index contributed by atoms with van der Waals surface area (Å²) in [5.41, 5.74) is 1.56. The molecule has 3 aliphatic rings. The molecule has 3 aliphatic heterocycles. The summed E-state index contributed by atoms with van der Waals surface area (Å²) < 4.78 is 12.0. The number of likely N-dealkylation sites (tertiary alicyclic amines) is 1. The van der Waals surface area contributed by atoms with E-state index in [0.29, 0.717) is 29.7 Å². The number of carbonyl (C=O) groups excluding carboxylic acids is 1. The Morgan fingerprint density at radius 1 is 1.11 bits per heavy atom. The van der Waals surface area contributed by atoms with E-state index >= 15 is 0 Å². The molecule has 2 aromatic heterocycles. The first kappa shape index (κ1) is 23.4. The second kappa shape index (κ2) is 9.70. The molecule has 1 spiro atoms. The number of rotatable bonds is 5. The molecule has 5 heterocycles. The first-order valence-electron chi connectivity index (χ1n) is 12.4. The summed E-state index contributed by atoms with van der Waals surface area (Å²) >= 11 is 0. The van der Waals surface area contributed by atoms with Crippen molar-refractivity contribution in [3.8, 4) is 11.9 Å². The maximum atomic E-state index is 12.6. The van der Waals surface area contributed by atoms with Crippen molar-refractivity contribution < 1.29 is 14.3 Å². The van der Waals surface area contributed by atoms with Crippen LogP contribution in [0.15, 0.2) is 36.8 Å². The molecule has 3 saturated heterocycles. The Labute approximate surface area is 206 Å². The van der Waals surface area contributed by atoms with E-state index in [4.69, 9.17) is 14.7 Å². The fourth-order valence-corrected chi connectivity index (χ4v) is 5.20. The number of pyridine rings is 2. The summed E-state index contributed by atoms with van der Waals surface area (Å²) in [6, 6.07) is 8.35. The van der Waals surface area contributed by atoms with Crippen LogP contribution in [0.25, 0.3) is 0 Å². The number of anilines is 2. The Bertz CT molecular complexity index is 1080. The van der Waals surface area contributed by atoms with Gasteiger partial charge in [0.2, 0.25) is 5.88 Å². The molecule has 1 amide bonds. The average Bonchev–Trinajstić information content (AvgIpc) is 3.20. The van der Waals surface area contributed by atoms with Gasteiger partial charge in [0.15, 0.2) is 0 Å². The minimum Gasteiger partial charge on any atom is -0.474 e. The molecule has 0 unspecified atom stereocenters. The molecule has 184 valence electrons. The van der Waals surface area contributed by atoms with Gasteiger partial charge >= 0.3 is 6.09 Å². The molecule has 0 bridgehead atoms. The van der Waals surface area contributed by atoms with Gasteiger partial charge in [-0.2, -0.15) is 5.26 Å². The van der Waals surface area contributed by atoms with Crippen LogP contribution in [0.3, 0.4) is 0 Å². The zero-order chi connectivity index (χ0) is 24.4. The summed E-state index contributed by atoms with van der Waals surface area (Å²) in [5.74, 6) is 0.679. The standard InChI is InChI=1S/C26H32N6O3/c1-19(2)30-9-5-23(6-10-30)34-24-4-3-21(17-29-24)31-11-7-26(8-12-31)18-32(25(33)35-26)22-13-20(14-27)15-28-16-22/h3-4,13,15-17,19,23H,5-12,18H2,1-2H3. The molecular formula is C26H32N6O3. The third-order valence-corrected chi connectivity index (χ3v) is 7.39. The molecule has 0 aromatic carbocycles. The molecule has 0 saturated carbocycles. The van der Waals surface area contributed by atoms with Gasteiger partial charge in [-0.1, -0.05) is 0 Å². The molecule has 9 nitrogen and oxygen atoms in total. The summed E-state index contributed by atoms with van der Waals surface area (Å²) in [5, 5.41) is 9.13. The van der Waals surface area contributed by atoms with Crippen molar-refractivity contribution in [2.24, 2.45) is 0 Å². The van der Waals surface area contributed by atoms with Crippen LogP contribution in [0.4, 0.5) is 16.2 Å². The van der Waals surface area contributed by atoms with Gasteiger partial charge in [0.1, 0.15) is 17.8 Å². The minimum absolute atomic E-state index is 0.224. The van der Waals surface area contributed by atoms with Crippen molar-refractivity contribution in [2.75, 3.05) is 42.5 Å². The van der Waals surface area contributed by atoms with Crippen molar-refractivity contribution in [1.29, 1.82) is 5.26 Å². The van der Waals surface area contributed by atoms with Gasteiger partial charge < -0.3 is 19.3 Å². The van der Waals surface area contributed by atoms with Gasteiger partial charge in [-0.25, -0.2) is 9.78 Å². The van der Waals surface area contributed by atoms with Crippen LogP contribution in [0.2, 0.25) is 0 Å². The van der Waals surface area contributed by atoms with Crippen molar-refractivity contribution in [3.05, 3.63) is 42.4 Å². The monoisotopic (exact) mass is 476 g/mol. The zero-order valence-electron chi connectivity index (χ0n) is 20.4. The van der Waals surface area contributed by atoms with Gasteiger partial charge in [-0.3, -0.25) is 9.88 Å². The van der Waals surface area contributed by atoms with Crippen LogP contribution < -0.4 is 14.5 Å². The number of hydrogen-bond acceptors (Lipinski definition) is 8. The lowest BCUT2D eigenvalue weighted by molar-refractivity contribution is 0.0366. The fourth-order valence-electron chi connectivity index (χ4n) is 5.20. The Balaban J connectivity index is 1.15. The molecule has 3 fully saturated rings. The quantitative estimate of drug-likeness (QED) is 0.646. The van der Waals surface area contributed by atoms with Gasteiger partial charge in [0.05, 0.1) is 35.9 Å². The van der Waals surface area contributed by atoms with Crippen molar-refractivity contribution >= 4 is 17.5 Å². The van der Waals surface area contributed by atoms with Gasteiger partial charge in [0, 0.05) is 57.3 Å². The van der Waals surface area contributed by atoms with Crippen LogP contribution in [0.5, 0.6) is 5.88 Å². The number of hydrogen-bond donors (Lipinski definition) is 0. The summed E-state index contributed by atoms with van der Waals surface area (Å²) in [6.45, 7) is 8.62. The third-order valence-electron chi connectivity index (χ3n) is 7.39. The van der Waals surface area contributed by atoms with E-state index in [1.807, 2.05) is 12.3 Å². The van der Waals surface area contributed by atoms with Gasteiger partial charge in [0.25, 0.3) is 0 Å². The number of nitriles is 1. The number of nitrogens with zero attached hydrogens (tertiary/aromatic N) is 6. The number of aromatic nitrogens is 2. The highest BCUT2D eigenvalue weighted by molar-refractivity contribution is 5.90. The average molecular weight is 477 g/mol. The second-order valence-electron chi connectivity index (χ2n) is 9.97. The van der Waals surface area contributed by atoms with Crippen molar-refractivity contribution in [1.82, 2.24) is 14.9 Å². The van der Waals surface area contributed by atoms with E-state index in [-0.39, 0.29) is 12.2 Å². The van der Waals surface area contributed by atoms with Gasteiger partial charge in [-0.15, -0.1) is 0 Å². The molecule has 0 atom stereocenters. The first-order valence-corrected chi connectivity index (χ1v) is 12.4. The van der Waals surface area contributed by atoms with E-state index in [1.54, 1.807) is 17.2 Å². The lowest BCUT2D eigenvalue weighted by Crippen LogP contribution is -2.47. The highest BCUT2D eigenvalue weighted by Gasteiger charge is 2.47. The Kier molecular flexibility index (Phi) is 6.48. The lowest BCUT2D eigenvalue weighted by Gasteiger charge is -2.38. The molecule has 35 heavy (non-hydrogen) atoms. The van der Waals surface area contributed by atoms with Crippen molar-refractivity contribution in [2.45, 2.75) is 57.3 Å². The molecule has 0 radical (unpaired) electrons. The van der Waals surface area contributed by atoms with E-state index in [9.17, 15) is 4.79 Å². The smallest absolute Gasteiger partial charge is 0.415 e. The van der Waals surface area contributed by atoms with Crippen LogP contribution in [0, 0.1) is 11.3 Å². The molecule has 0 N–H and O–H groups in total. The molecule has 2 aromatic rings. The fraction of sp³-hybridized carbons (Fsp3) is 0.538. The summed E-state index contributed by atoms with van der Waals surface area (Å²) in [7, 11) is 0. The molecule has 0 aliphatic carbocycles. The minimum atomic E-state index is -0.516. The highest BCUT2D eigenvalue weighted by Crippen LogP contribution is 2.37. The Hall–Kier alpha value is -3.38. The normalized spacial score (nSPS) is 20.8. The Morgan fingerprint density at radius 3 is 2.54 bits per heavy atom. The van der Waals surface area contributed by atoms with E-state index < -0.39 is 5.60 Å². The maximum absolute atomic E-state index is 12.6. The van der Waals surface area contributed by atoms with E-state index in [0.717, 1.165) is 57.5 Å². The largest absolute Gasteiger partial charge is 0.474 e. The van der Waals surface area contributed by atoms with E-state index in [2.05, 4.69) is 45.8 Å². The first-order chi connectivity index (χ1) is 16.9. The van der Waals surface area contributed by atoms with Crippen LogP contribution in [-0.2, 0) is 4.74 Å². The lowest BCUT2D eigenvalue weighted by atomic mass is 9.91. The topological polar surface area (TPSA) is 94.8 Å². The van der Waals surface area contributed by atoms with Crippen LogP contribution in [-0.4, -0.2) is 71.4 Å². The number of carbonyl (C=O) groups is 1. The van der Waals surface area contributed by atoms with Crippen LogP contribution >= 0.6 is 0 Å². The predicted octanol–water partition coefficient (Wildman–Crippen LogP) is 3.60. The molecule has 5 rings (SSSR count). The van der Waals surface area contributed by atoms with Gasteiger partial charge in [-0.05, 0) is 38.8 Å². The predicted molar refractivity (Wildman–Crippen MR) is 132 cm³/mol. The van der Waals surface area contributed by atoms with E-state index in [1.165, 1.54) is 6.20 Å². The summed E-state index contributed by atoms with van der Waals surface area (Å²) in [6.07, 6.45) is 8.33. The highest BCUT2D eigenvalue weighted by atomic mass is 16.6. The second-order valence-corrected chi connectivity index (χ2v) is 9.97. The number of ether oxygens (including phenoxy) is 2. The van der Waals surface area contributed by atoms with Crippen molar-refractivity contribution in [3.63, 3.8) is 0 Å². The zero-order valence-corrected chi connectivity index (χ0v) is 20.4. The summed E-state index contributed by atoms with van der Waals surface area (Å²) in [4.78, 5) is 27.6. The molecule has 9 heteroatoms.